The van der Waals surface area contributed by atoms with E-state index in [2.05, 4.69) is 26.9 Å². The Morgan fingerprint density at radius 2 is 1.93 bits per heavy atom. The minimum atomic E-state index is -0.407. The number of benzene rings is 2. The number of fused-ring (bicyclic) bond motifs is 1. The van der Waals surface area contributed by atoms with Gasteiger partial charge in [-0.2, -0.15) is 0 Å². The quantitative estimate of drug-likeness (QED) is 0.565. The maximum absolute atomic E-state index is 12.7. The molecular weight excluding hydrogens is 455 g/mol. The smallest absolute Gasteiger partial charge is 0.247 e. The lowest BCUT2D eigenvalue weighted by Crippen LogP contribution is -2.38. The van der Waals surface area contributed by atoms with Gasteiger partial charge >= 0.3 is 0 Å². The van der Waals surface area contributed by atoms with Crippen LogP contribution in [0.1, 0.15) is 22.2 Å². The zero-order valence-electron chi connectivity index (χ0n) is 15.0. The van der Waals surface area contributed by atoms with Gasteiger partial charge in [0.1, 0.15) is 12.6 Å². The van der Waals surface area contributed by atoms with E-state index in [9.17, 15) is 4.79 Å². The predicted molar refractivity (Wildman–Crippen MR) is 117 cm³/mol. The number of nitrogens with one attached hydrogen (secondary N) is 2. The maximum atomic E-state index is 12.7. The highest BCUT2D eigenvalue weighted by molar-refractivity contribution is 7.15. The van der Waals surface area contributed by atoms with Crippen LogP contribution >= 0.6 is 46.9 Å². The summed E-state index contributed by atoms with van der Waals surface area (Å²) in [5.41, 5.74) is 2.18. The summed E-state index contributed by atoms with van der Waals surface area (Å²) in [4.78, 5) is 12.7. The Balaban J connectivity index is 0.00000240. The number of ether oxygens (including phenoxy) is 1. The SMILES string of the molecule is Cl.O=C(Nc1nnc(COc2c(Cl)cccc2Cl)s1)C1NCCc2ccccc21. The molecule has 152 valence electrons. The van der Waals surface area contributed by atoms with Crippen molar-refractivity contribution in [3.8, 4) is 5.75 Å². The summed E-state index contributed by atoms with van der Waals surface area (Å²) < 4.78 is 5.65. The molecule has 1 aliphatic rings. The van der Waals surface area contributed by atoms with E-state index in [1.807, 2.05) is 18.2 Å². The number of nitrogens with zero attached hydrogens (tertiary/aromatic N) is 2. The van der Waals surface area contributed by atoms with E-state index in [1.165, 1.54) is 16.9 Å². The van der Waals surface area contributed by atoms with E-state index in [1.54, 1.807) is 18.2 Å². The summed E-state index contributed by atoms with van der Waals surface area (Å²) in [6, 6.07) is 12.7. The number of para-hydroxylation sites is 1. The van der Waals surface area contributed by atoms with Gasteiger partial charge in [-0.25, -0.2) is 0 Å². The van der Waals surface area contributed by atoms with Gasteiger partial charge in [0.05, 0.1) is 10.0 Å². The highest BCUT2D eigenvalue weighted by Gasteiger charge is 2.26. The summed E-state index contributed by atoms with van der Waals surface area (Å²) in [6.45, 7) is 0.907. The zero-order valence-corrected chi connectivity index (χ0v) is 18.2. The Bertz CT molecular complexity index is 994. The second-order valence-corrected chi connectivity index (χ2v) is 8.04. The summed E-state index contributed by atoms with van der Waals surface area (Å²) in [6.07, 6.45) is 0.908. The van der Waals surface area contributed by atoms with Crippen molar-refractivity contribution in [1.82, 2.24) is 15.5 Å². The summed E-state index contributed by atoms with van der Waals surface area (Å²) in [5, 5.41) is 16.0. The van der Waals surface area contributed by atoms with Gasteiger partial charge in [-0.3, -0.25) is 10.1 Å². The Kier molecular flexibility index (Phi) is 7.32. The first-order valence-electron chi connectivity index (χ1n) is 8.63. The molecule has 4 rings (SSSR count). The molecule has 1 unspecified atom stereocenters. The molecule has 29 heavy (non-hydrogen) atoms. The highest BCUT2D eigenvalue weighted by Crippen LogP contribution is 2.33. The first kappa shape index (κ1) is 21.8. The number of aromatic nitrogens is 2. The first-order valence-corrected chi connectivity index (χ1v) is 10.2. The summed E-state index contributed by atoms with van der Waals surface area (Å²) in [7, 11) is 0. The maximum Gasteiger partial charge on any atom is 0.247 e. The molecule has 1 amide bonds. The fraction of sp³-hybridized carbons (Fsp3) is 0.211. The molecule has 2 N–H and O–H groups in total. The van der Waals surface area contributed by atoms with Gasteiger partial charge in [0.2, 0.25) is 11.0 Å². The molecule has 0 aliphatic carbocycles. The molecule has 0 spiro atoms. The Labute approximate surface area is 188 Å². The van der Waals surface area contributed by atoms with Crippen molar-refractivity contribution in [2.24, 2.45) is 0 Å². The van der Waals surface area contributed by atoms with Crippen LogP contribution in [0.2, 0.25) is 10.0 Å². The van der Waals surface area contributed by atoms with Gasteiger partial charge in [0.25, 0.3) is 0 Å². The van der Waals surface area contributed by atoms with Crippen LogP contribution in [0.4, 0.5) is 5.13 Å². The molecule has 1 aromatic heterocycles. The minimum Gasteiger partial charge on any atom is -0.483 e. The second-order valence-electron chi connectivity index (χ2n) is 6.17. The number of carbonyl (C=O) groups excluding carboxylic acids is 1. The van der Waals surface area contributed by atoms with Crippen LogP contribution in [0.3, 0.4) is 0 Å². The van der Waals surface area contributed by atoms with E-state index >= 15 is 0 Å². The molecular formula is C19H17Cl3N4O2S. The van der Waals surface area contributed by atoms with Crippen molar-refractivity contribution >= 4 is 58.0 Å². The summed E-state index contributed by atoms with van der Waals surface area (Å²) >= 11 is 13.4. The number of hydrogen-bond acceptors (Lipinski definition) is 6. The average Bonchev–Trinajstić information content (AvgIpc) is 3.14. The van der Waals surface area contributed by atoms with Crippen LogP contribution < -0.4 is 15.4 Å². The zero-order chi connectivity index (χ0) is 19.5. The standard InChI is InChI=1S/C19H16Cl2N4O2S.ClH/c20-13-6-3-7-14(21)17(13)27-10-15-24-25-19(28-15)23-18(26)16-12-5-2-1-4-11(12)8-9-22-16;/h1-7,16,22H,8-10H2,(H,23,25,26);1H. The molecule has 2 aromatic carbocycles. The van der Waals surface area contributed by atoms with Gasteiger partial charge in [0.15, 0.2) is 10.8 Å². The lowest BCUT2D eigenvalue weighted by molar-refractivity contribution is -0.118. The Morgan fingerprint density at radius 3 is 2.72 bits per heavy atom. The van der Waals surface area contributed by atoms with Crippen LogP contribution in [0.25, 0.3) is 0 Å². The summed E-state index contributed by atoms with van der Waals surface area (Å²) in [5.74, 6) is 0.236. The van der Waals surface area contributed by atoms with Crippen molar-refractivity contribution in [1.29, 1.82) is 0 Å². The van der Waals surface area contributed by atoms with Crippen LogP contribution in [0.15, 0.2) is 42.5 Å². The third-order valence-corrected chi connectivity index (χ3v) is 5.73. The number of hydrogen-bond donors (Lipinski definition) is 2. The largest absolute Gasteiger partial charge is 0.483 e. The van der Waals surface area contributed by atoms with E-state index in [-0.39, 0.29) is 24.9 Å². The first-order chi connectivity index (χ1) is 13.6. The van der Waals surface area contributed by atoms with Crippen molar-refractivity contribution in [2.45, 2.75) is 19.1 Å². The predicted octanol–water partition coefficient (Wildman–Crippen LogP) is 4.67. The number of anilines is 1. The second kappa shape index (κ2) is 9.73. The van der Waals surface area contributed by atoms with Gasteiger partial charge in [0, 0.05) is 6.54 Å². The average molecular weight is 472 g/mol. The molecule has 1 atom stereocenters. The van der Waals surface area contributed by atoms with Crippen molar-refractivity contribution < 1.29 is 9.53 Å². The van der Waals surface area contributed by atoms with Crippen LogP contribution in [-0.2, 0) is 17.8 Å². The molecule has 10 heteroatoms. The monoisotopic (exact) mass is 470 g/mol. The van der Waals surface area contributed by atoms with Gasteiger partial charge in [-0.05, 0) is 29.7 Å². The van der Waals surface area contributed by atoms with Crippen molar-refractivity contribution in [2.75, 3.05) is 11.9 Å². The van der Waals surface area contributed by atoms with Crippen LogP contribution in [-0.4, -0.2) is 22.6 Å². The molecule has 1 aliphatic heterocycles. The molecule has 2 heterocycles. The van der Waals surface area contributed by atoms with Crippen molar-refractivity contribution in [3.63, 3.8) is 0 Å². The Morgan fingerprint density at radius 1 is 1.17 bits per heavy atom. The third-order valence-electron chi connectivity index (χ3n) is 4.33. The van der Waals surface area contributed by atoms with E-state index < -0.39 is 6.04 Å². The van der Waals surface area contributed by atoms with E-state index in [0.717, 1.165) is 18.5 Å². The van der Waals surface area contributed by atoms with Gasteiger partial charge in [-0.15, -0.1) is 22.6 Å². The molecule has 6 nitrogen and oxygen atoms in total. The number of halogens is 3. The highest BCUT2D eigenvalue weighted by atomic mass is 35.5. The normalized spacial score (nSPS) is 15.2. The third kappa shape index (κ3) is 4.99. The molecule has 3 aromatic rings. The van der Waals surface area contributed by atoms with E-state index in [0.29, 0.717) is 25.9 Å². The molecule has 0 fully saturated rings. The molecule has 0 bridgehead atoms. The lowest BCUT2D eigenvalue weighted by atomic mass is 9.94. The van der Waals surface area contributed by atoms with Crippen molar-refractivity contribution in [3.05, 3.63) is 68.6 Å². The minimum absolute atomic E-state index is 0. The van der Waals surface area contributed by atoms with Gasteiger partial charge in [-0.1, -0.05) is 64.9 Å². The van der Waals surface area contributed by atoms with Crippen LogP contribution in [0.5, 0.6) is 5.75 Å². The fourth-order valence-corrected chi connectivity index (χ4v) is 4.20. The van der Waals surface area contributed by atoms with E-state index in [4.69, 9.17) is 27.9 Å². The fourth-order valence-electron chi connectivity index (χ4n) is 3.03. The Hall–Kier alpha value is -1.90. The van der Waals surface area contributed by atoms with Gasteiger partial charge < -0.3 is 10.1 Å². The molecule has 0 saturated carbocycles. The number of carbonyl (C=O) groups is 1. The number of amides is 1. The lowest BCUT2D eigenvalue weighted by Gasteiger charge is -2.25. The molecule has 0 radical (unpaired) electrons. The van der Waals surface area contributed by atoms with Crippen LogP contribution in [0, 0.1) is 0 Å². The molecule has 0 saturated heterocycles. The number of rotatable bonds is 5. The topological polar surface area (TPSA) is 76.1 Å².